The molecule has 0 spiro atoms. The first-order valence-corrected chi connectivity index (χ1v) is 7.88. The lowest BCUT2D eigenvalue weighted by Crippen LogP contribution is -2.24. The van der Waals surface area contributed by atoms with Gasteiger partial charge < -0.3 is 10.6 Å². The highest BCUT2D eigenvalue weighted by Crippen LogP contribution is 2.10. The van der Waals surface area contributed by atoms with Crippen molar-refractivity contribution < 1.29 is 14.4 Å². The Bertz CT molecular complexity index is 793. The molecule has 0 bridgehead atoms. The van der Waals surface area contributed by atoms with Crippen LogP contribution in [0.2, 0.25) is 0 Å². The number of Topliss-reactive ketones (excluding diaryl/α,β-unsaturated/α-hetero) is 1. The third-order valence-corrected chi connectivity index (χ3v) is 3.56. The topological polar surface area (TPSA) is 75.3 Å². The number of anilines is 1. The van der Waals surface area contributed by atoms with E-state index in [1.807, 2.05) is 30.3 Å². The van der Waals surface area contributed by atoms with Crippen molar-refractivity contribution in [3.63, 3.8) is 0 Å². The van der Waals surface area contributed by atoms with Gasteiger partial charge in [0.2, 0.25) is 11.8 Å². The number of carbonyl (C=O) groups is 3. The van der Waals surface area contributed by atoms with Crippen molar-refractivity contribution in [1.29, 1.82) is 0 Å². The number of hydrogen-bond donors (Lipinski definition) is 2. The molecular weight excluding hydrogens is 316 g/mol. The van der Waals surface area contributed by atoms with Crippen LogP contribution in [-0.4, -0.2) is 17.6 Å². The Labute approximate surface area is 146 Å². The van der Waals surface area contributed by atoms with Gasteiger partial charge in [0.15, 0.2) is 5.78 Å². The quantitative estimate of drug-likeness (QED) is 0.629. The fourth-order valence-corrected chi connectivity index (χ4v) is 2.15. The molecule has 2 amide bonds. The van der Waals surface area contributed by atoms with E-state index in [-0.39, 0.29) is 11.7 Å². The molecule has 0 heterocycles. The fraction of sp³-hybridized carbons (Fsp3) is 0.150. The zero-order valence-electron chi connectivity index (χ0n) is 14.2. The van der Waals surface area contributed by atoms with Gasteiger partial charge in [-0.2, -0.15) is 0 Å². The monoisotopic (exact) mass is 336 g/mol. The maximum absolute atomic E-state index is 12.0. The molecule has 0 atom stereocenters. The van der Waals surface area contributed by atoms with Gasteiger partial charge in [0.05, 0.1) is 0 Å². The van der Waals surface area contributed by atoms with Crippen LogP contribution in [0.1, 0.15) is 29.8 Å². The standard InChI is InChI=1S/C20H20N2O3/c1-14(20(25)21-13-16-6-4-3-5-7-16)12-19(24)22-18-10-8-17(9-11-18)15(2)23/h3-12H,13H2,1-2H3,(H,21,25)(H,22,24)/b14-12+. The molecule has 0 saturated carbocycles. The Kier molecular flexibility index (Phi) is 6.23. The molecule has 0 saturated heterocycles. The van der Waals surface area contributed by atoms with Gasteiger partial charge in [-0.05, 0) is 43.7 Å². The number of amides is 2. The van der Waals surface area contributed by atoms with Crippen molar-refractivity contribution in [1.82, 2.24) is 5.32 Å². The maximum atomic E-state index is 12.0. The molecule has 25 heavy (non-hydrogen) atoms. The number of nitrogens with one attached hydrogen (secondary N) is 2. The van der Waals surface area contributed by atoms with Crippen molar-refractivity contribution in [3.05, 3.63) is 77.4 Å². The van der Waals surface area contributed by atoms with Crippen LogP contribution < -0.4 is 10.6 Å². The predicted octanol–water partition coefficient (Wildman–Crippen LogP) is 3.09. The van der Waals surface area contributed by atoms with Crippen molar-refractivity contribution in [3.8, 4) is 0 Å². The van der Waals surface area contributed by atoms with Crippen LogP contribution in [-0.2, 0) is 16.1 Å². The average Bonchev–Trinajstić information content (AvgIpc) is 2.60. The first-order valence-electron chi connectivity index (χ1n) is 7.88. The summed E-state index contributed by atoms with van der Waals surface area (Å²) >= 11 is 0. The van der Waals surface area contributed by atoms with E-state index in [9.17, 15) is 14.4 Å². The molecule has 128 valence electrons. The van der Waals surface area contributed by atoms with E-state index >= 15 is 0 Å². The first kappa shape index (κ1) is 18.1. The van der Waals surface area contributed by atoms with Crippen molar-refractivity contribution in [2.75, 3.05) is 5.32 Å². The van der Waals surface area contributed by atoms with E-state index in [0.29, 0.717) is 23.4 Å². The zero-order chi connectivity index (χ0) is 18.2. The van der Waals surface area contributed by atoms with Crippen LogP contribution in [0.5, 0.6) is 0 Å². The van der Waals surface area contributed by atoms with E-state index in [2.05, 4.69) is 10.6 Å². The van der Waals surface area contributed by atoms with E-state index < -0.39 is 5.91 Å². The number of rotatable bonds is 6. The van der Waals surface area contributed by atoms with Crippen LogP contribution in [0.15, 0.2) is 66.2 Å². The van der Waals surface area contributed by atoms with E-state index in [1.165, 1.54) is 13.0 Å². The number of hydrogen-bond acceptors (Lipinski definition) is 3. The first-order chi connectivity index (χ1) is 12.0. The van der Waals surface area contributed by atoms with Gasteiger partial charge in [-0.25, -0.2) is 0 Å². The van der Waals surface area contributed by atoms with Crippen LogP contribution in [0.3, 0.4) is 0 Å². The summed E-state index contributed by atoms with van der Waals surface area (Å²) in [6, 6.07) is 16.1. The Balaban J connectivity index is 1.90. The van der Waals surface area contributed by atoms with Crippen molar-refractivity contribution in [2.24, 2.45) is 0 Å². The molecule has 0 radical (unpaired) electrons. The van der Waals surface area contributed by atoms with Gasteiger partial charge in [-0.3, -0.25) is 14.4 Å². The molecular formula is C20H20N2O3. The minimum absolute atomic E-state index is 0.0382. The van der Waals surface area contributed by atoms with E-state index in [0.717, 1.165) is 5.56 Å². The third kappa shape index (κ3) is 5.73. The second-order valence-electron chi connectivity index (χ2n) is 5.62. The lowest BCUT2D eigenvalue weighted by atomic mass is 10.1. The summed E-state index contributed by atoms with van der Waals surface area (Å²) in [6.07, 6.45) is 1.25. The van der Waals surface area contributed by atoms with Gasteiger partial charge in [-0.1, -0.05) is 30.3 Å². The molecule has 2 aromatic carbocycles. The van der Waals surface area contributed by atoms with Crippen molar-refractivity contribution in [2.45, 2.75) is 20.4 Å². The highest BCUT2D eigenvalue weighted by Gasteiger charge is 2.07. The minimum atomic E-state index is -0.400. The molecule has 0 aliphatic heterocycles. The lowest BCUT2D eigenvalue weighted by Gasteiger charge is -2.06. The predicted molar refractivity (Wildman–Crippen MR) is 97.1 cm³/mol. The molecule has 5 heteroatoms. The van der Waals surface area contributed by atoms with E-state index in [1.54, 1.807) is 31.2 Å². The summed E-state index contributed by atoms with van der Waals surface area (Å²) in [5.74, 6) is -0.738. The minimum Gasteiger partial charge on any atom is -0.348 e. The van der Waals surface area contributed by atoms with E-state index in [4.69, 9.17) is 0 Å². The zero-order valence-corrected chi connectivity index (χ0v) is 14.2. The summed E-state index contributed by atoms with van der Waals surface area (Å²) in [6.45, 7) is 3.46. The summed E-state index contributed by atoms with van der Waals surface area (Å²) in [5.41, 5.74) is 2.43. The summed E-state index contributed by atoms with van der Waals surface area (Å²) in [5, 5.41) is 5.42. The van der Waals surface area contributed by atoms with Crippen molar-refractivity contribution >= 4 is 23.3 Å². The molecule has 0 unspecified atom stereocenters. The Hall–Kier alpha value is -3.21. The van der Waals surface area contributed by atoms with Gasteiger partial charge >= 0.3 is 0 Å². The highest BCUT2D eigenvalue weighted by atomic mass is 16.2. The van der Waals surface area contributed by atoms with Crippen LogP contribution in [0.25, 0.3) is 0 Å². The number of ketones is 1. The average molecular weight is 336 g/mol. The van der Waals surface area contributed by atoms with Gasteiger partial charge in [0, 0.05) is 29.4 Å². The molecule has 0 aromatic heterocycles. The third-order valence-electron chi connectivity index (χ3n) is 3.56. The molecule has 0 aliphatic rings. The normalized spacial score (nSPS) is 10.9. The highest BCUT2D eigenvalue weighted by molar-refractivity contribution is 6.06. The largest absolute Gasteiger partial charge is 0.348 e. The molecule has 2 aromatic rings. The van der Waals surface area contributed by atoms with Crippen LogP contribution in [0, 0.1) is 0 Å². The van der Waals surface area contributed by atoms with Crippen LogP contribution in [0.4, 0.5) is 5.69 Å². The maximum Gasteiger partial charge on any atom is 0.248 e. The summed E-state index contributed by atoms with van der Waals surface area (Å²) in [4.78, 5) is 35.2. The molecule has 2 N–H and O–H groups in total. The van der Waals surface area contributed by atoms with Gasteiger partial charge in [0.1, 0.15) is 0 Å². The number of benzene rings is 2. The Morgan fingerprint density at radius 1 is 0.920 bits per heavy atom. The fourth-order valence-electron chi connectivity index (χ4n) is 2.15. The molecule has 2 rings (SSSR count). The van der Waals surface area contributed by atoms with Gasteiger partial charge in [-0.15, -0.1) is 0 Å². The number of carbonyl (C=O) groups excluding carboxylic acids is 3. The Morgan fingerprint density at radius 3 is 2.16 bits per heavy atom. The molecule has 0 aliphatic carbocycles. The molecule has 5 nitrogen and oxygen atoms in total. The second kappa shape index (κ2) is 8.59. The Morgan fingerprint density at radius 2 is 1.56 bits per heavy atom. The summed E-state index contributed by atoms with van der Waals surface area (Å²) in [7, 11) is 0. The van der Waals surface area contributed by atoms with Crippen LogP contribution >= 0.6 is 0 Å². The molecule has 0 fully saturated rings. The smallest absolute Gasteiger partial charge is 0.248 e. The second-order valence-corrected chi connectivity index (χ2v) is 5.62. The SMILES string of the molecule is CC(=O)c1ccc(NC(=O)/C=C(\C)C(=O)NCc2ccccc2)cc1. The van der Waals surface area contributed by atoms with Gasteiger partial charge in [0.25, 0.3) is 0 Å². The summed E-state index contributed by atoms with van der Waals surface area (Å²) < 4.78 is 0. The lowest BCUT2D eigenvalue weighted by molar-refractivity contribution is -0.118.